The van der Waals surface area contributed by atoms with Crippen molar-refractivity contribution in [2.75, 3.05) is 26.7 Å². The number of likely N-dealkylation sites (tertiary alicyclic amines) is 1. The predicted octanol–water partition coefficient (Wildman–Crippen LogP) is 1.99. The topological polar surface area (TPSA) is 39.1 Å². The van der Waals surface area contributed by atoms with Crippen LogP contribution in [0.1, 0.15) is 24.0 Å². The molecular weight excluding hydrogens is 222 g/mol. The highest BCUT2D eigenvalue weighted by Gasteiger charge is 2.16. The lowest BCUT2D eigenvalue weighted by Crippen LogP contribution is -2.37. The van der Waals surface area contributed by atoms with Gasteiger partial charge in [0.2, 0.25) is 0 Å². The second-order valence-corrected chi connectivity index (χ2v) is 5.17. The lowest BCUT2D eigenvalue weighted by molar-refractivity contribution is 0.206. The Labute approximate surface area is 109 Å². The first-order chi connectivity index (χ1) is 8.79. The van der Waals surface area contributed by atoms with E-state index in [1.54, 1.807) is 0 Å². The van der Waals surface area contributed by atoms with Crippen molar-refractivity contribution >= 4 is 0 Å². The Bertz CT molecular complexity index is 422. The smallest absolute Gasteiger partial charge is 0.0995 e. The number of nitrogens with one attached hydrogen (secondary N) is 1. The van der Waals surface area contributed by atoms with Crippen molar-refractivity contribution < 1.29 is 0 Å². The zero-order valence-electron chi connectivity index (χ0n) is 11.0. The summed E-state index contributed by atoms with van der Waals surface area (Å²) < 4.78 is 0. The van der Waals surface area contributed by atoms with Crippen LogP contribution in [-0.4, -0.2) is 31.6 Å². The molecule has 1 aromatic carbocycles. The molecule has 1 fully saturated rings. The van der Waals surface area contributed by atoms with Gasteiger partial charge in [-0.3, -0.25) is 0 Å². The van der Waals surface area contributed by atoms with E-state index in [9.17, 15) is 0 Å². The minimum Gasteiger partial charge on any atom is -0.312 e. The molecule has 0 aliphatic carbocycles. The first-order valence-corrected chi connectivity index (χ1v) is 6.67. The van der Waals surface area contributed by atoms with Crippen LogP contribution in [0.4, 0.5) is 0 Å². The fourth-order valence-electron chi connectivity index (χ4n) is 2.63. The summed E-state index contributed by atoms with van der Waals surface area (Å²) in [5.74, 6) is 0.748. The predicted molar refractivity (Wildman–Crippen MR) is 73.1 cm³/mol. The normalized spacial score (nSPS) is 20.6. The summed E-state index contributed by atoms with van der Waals surface area (Å²) >= 11 is 0. The first-order valence-electron chi connectivity index (χ1n) is 6.67. The maximum absolute atomic E-state index is 9.02. The van der Waals surface area contributed by atoms with Gasteiger partial charge in [-0.05, 0) is 50.5 Å². The molecule has 0 aromatic heterocycles. The van der Waals surface area contributed by atoms with Crippen LogP contribution in [0.15, 0.2) is 24.3 Å². The molecule has 3 nitrogen and oxygen atoms in total. The molecule has 0 spiro atoms. The standard InChI is InChI=1S/C15H21N3/c1-18-8-4-5-13(12-18)10-17-11-15-7-3-2-6-14(15)9-16/h2-3,6-7,13,17H,4-5,8,10-12H2,1H3. The van der Waals surface area contributed by atoms with Gasteiger partial charge in [0.1, 0.15) is 0 Å². The first kappa shape index (κ1) is 13.1. The lowest BCUT2D eigenvalue weighted by Gasteiger charge is -2.29. The number of hydrogen-bond donors (Lipinski definition) is 1. The number of benzene rings is 1. The van der Waals surface area contributed by atoms with E-state index in [1.165, 1.54) is 25.9 Å². The zero-order chi connectivity index (χ0) is 12.8. The van der Waals surface area contributed by atoms with Crippen molar-refractivity contribution in [3.63, 3.8) is 0 Å². The molecule has 1 unspecified atom stereocenters. The van der Waals surface area contributed by atoms with Crippen LogP contribution < -0.4 is 5.32 Å². The zero-order valence-corrected chi connectivity index (χ0v) is 11.0. The third-order valence-corrected chi connectivity index (χ3v) is 3.61. The van der Waals surface area contributed by atoms with E-state index in [1.807, 2.05) is 24.3 Å². The number of rotatable bonds is 4. The van der Waals surface area contributed by atoms with Gasteiger partial charge in [-0.25, -0.2) is 0 Å². The Kier molecular flexibility index (Phi) is 4.74. The fourth-order valence-corrected chi connectivity index (χ4v) is 2.63. The Hall–Kier alpha value is -1.37. The molecule has 2 rings (SSSR count). The second-order valence-electron chi connectivity index (χ2n) is 5.17. The van der Waals surface area contributed by atoms with E-state index in [4.69, 9.17) is 5.26 Å². The van der Waals surface area contributed by atoms with Gasteiger partial charge < -0.3 is 10.2 Å². The van der Waals surface area contributed by atoms with Crippen LogP contribution in [0.2, 0.25) is 0 Å². The third kappa shape index (κ3) is 3.56. The Morgan fingerprint density at radius 2 is 2.28 bits per heavy atom. The molecule has 1 aliphatic heterocycles. The molecule has 1 heterocycles. The van der Waals surface area contributed by atoms with Crippen LogP contribution in [0.25, 0.3) is 0 Å². The van der Waals surface area contributed by atoms with Crippen LogP contribution in [-0.2, 0) is 6.54 Å². The van der Waals surface area contributed by atoms with Crippen molar-refractivity contribution in [2.45, 2.75) is 19.4 Å². The highest BCUT2D eigenvalue weighted by Crippen LogP contribution is 2.14. The summed E-state index contributed by atoms with van der Waals surface area (Å²) in [4.78, 5) is 2.40. The van der Waals surface area contributed by atoms with Crippen molar-refractivity contribution in [1.29, 1.82) is 5.26 Å². The van der Waals surface area contributed by atoms with Crippen molar-refractivity contribution in [3.05, 3.63) is 35.4 Å². The molecule has 0 bridgehead atoms. The van der Waals surface area contributed by atoms with E-state index < -0.39 is 0 Å². The van der Waals surface area contributed by atoms with Gasteiger partial charge in [0.25, 0.3) is 0 Å². The SMILES string of the molecule is CN1CCCC(CNCc2ccccc2C#N)C1. The fraction of sp³-hybridized carbons (Fsp3) is 0.533. The van der Waals surface area contributed by atoms with Crippen molar-refractivity contribution in [3.8, 4) is 6.07 Å². The van der Waals surface area contributed by atoms with Crippen LogP contribution >= 0.6 is 0 Å². The van der Waals surface area contributed by atoms with Crippen molar-refractivity contribution in [1.82, 2.24) is 10.2 Å². The van der Waals surface area contributed by atoms with Crippen LogP contribution in [0, 0.1) is 17.2 Å². The minimum absolute atomic E-state index is 0.748. The van der Waals surface area contributed by atoms with Gasteiger partial charge in [-0.1, -0.05) is 18.2 Å². The summed E-state index contributed by atoms with van der Waals surface area (Å²) in [6, 6.07) is 10.1. The minimum atomic E-state index is 0.748. The summed E-state index contributed by atoms with van der Waals surface area (Å²) in [5.41, 5.74) is 1.88. The Balaban J connectivity index is 1.80. The molecule has 0 radical (unpaired) electrons. The average Bonchev–Trinajstić information content (AvgIpc) is 2.39. The molecule has 1 N–H and O–H groups in total. The van der Waals surface area contributed by atoms with E-state index in [-0.39, 0.29) is 0 Å². The second kappa shape index (κ2) is 6.53. The summed E-state index contributed by atoms with van der Waals surface area (Å²) in [7, 11) is 2.19. The summed E-state index contributed by atoms with van der Waals surface area (Å²) in [6.45, 7) is 4.26. The average molecular weight is 243 g/mol. The van der Waals surface area contributed by atoms with E-state index in [0.717, 1.165) is 30.1 Å². The van der Waals surface area contributed by atoms with Gasteiger partial charge in [-0.2, -0.15) is 5.26 Å². The maximum Gasteiger partial charge on any atom is 0.0995 e. The number of hydrogen-bond acceptors (Lipinski definition) is 3. The Morgan fingerprint density at radius 3 is 3.06 bits per heavy atom. The van der Waals surface area contributed by atoms with Gasteiger partial charge in [-0.15, -0.1) is 0 Å². The molecule has 1 aliphatic rings. The maximum atomic E-state index is 9.02. The van der Waals surface area contributed by atoms with Gasteiger partial charge in [0, 0.05) is 13.1 Å². The summed E-state index contributed by atoms with van der Waals surface area (Å²) in [6.07, 6.45) is 2.62. The quantitative estimate of drug-likeness (QED) is 0.879. The molecule has 0 saturated carbocycles. The van der Waals surface area contributed by atoms with Gasteiger partial charge in [0.15, 0.2) is 0 Å². The molecule has 0 amide bonds. The molecule has 1 saturated heterocycles. The third-order valence-electron chi connectivity index (χ3n) is 3.61. The molecular formula is C15H21N3. The Morgan fingerprint density at radius 1 is 1.44 bits per heavy atom. The summed E-state index contributed by atoms with van der Waals surface area (Å²) in [5, 5.41) is 12.5. The molecule has 18 heavy (non-hydrogen) atoms. The largest absolute Gasteiger partial charge is 0.312 e. The van der Waals surface area contributed by atoms with E-state index in [2.05, 4.69) is 23.3 Å². The van der Waals surface area contributed by atoms with Crippen LogP contribution in [0.5, 0.6) is 0 Å². The highest BCUT2D eigenvalue weighted by atomic mass is 15.1. The highest BCUT2D eigenvalue weighted by molar-refractivity contribution is 5.37. The van der Waals surface area contributed by atoms with E-state index >= 15 is 0 Å². The van der Waals surface area contributed by atoms with E-state index in [0.29, 0.717) is 0 Å². The number of nitrogens with zero attached hydrogens (tertiary/aromatic N) is 2. The molecule has 96 valence electrons. The molecule has 3 heteroatoms. The molecule has 1 aromatic rings. The monoisotopic (exact) mass is 243 g/mol. The van der Waals surface area contributed by atoms with Gasteiger partial charge in [0.05, 0.1) is 11.6 Å². The van der Waals surface area contributed by atoms with Gasteiger partial charge >= 0.3 is 0 Å². The number of piperidine rings is 1. The molecule has 1 atom stereocenters. The number of nitriles is 1. The lowest BCUT2D eigenvalue weighted by atomic mass is 9.98. The van der Waals surface area contributed by atoms with Crippen LogP contribution in [0.3, 0.4) is 0 Å². The van der Waals surface area contributed by atoms with Crippen molar-refractivity contribution in [2.24, 2.45) is 5.92 Å².